The maximum absolute atomic E-state index is 12.9. The predicted molar refractivity (Wildman–Crippen MR) is 156 cm³/mol. The number of hydrogen-bond acceptors (Lipinski definition) is 3. The summed E-state index contributed by atoms with van der Waals surface area (Å²) in [7, 11) is 0.821. The van der Waals surface area contributed by atoms with Gasteiger partial charge in [-0.1, -0.05) is 113 Å². The van der Waals surface area contributed by atoms with Crippen LogP contribution >= 0.6 is 9.69 Å². The van der Waals surface area contributed by atoms with Gasteiger partial charge in [0.15, 0.2) is 0 Å². The van der Waals surface area contributed by atoms with Crippen LogP contribution in [0, 0.1) is 41.5 Å². The summed E-state index contributed by atoms with van der Waals surface area (Å²) in [5.74, 6) is 0. The molecule has 0 saturated carbocycles. The van der Waals surface area contributed by atoms with E-state index < -0.39 is 22.1 Å². The minimum atomic E-state index is -3.71. The van der Waals surface area contributed by atoms with Crippen molar-refractivity contribution in [2.45, 2.75) is 58.5 Å². The zero-order chi connectivity index (χ0) is 28.5. The van der Waals surface area contributed by atoms with Gasteiger partial charge in [0, 0.05) is 0 Å². The first kappa shape index (κ1) is 32.0. The summed E-state index contributed by atoms with van der Waals surface area (Å²) in [6, 6.07) is 24.6. The summed E-state index contributed by atoms with van der Waals surface area (Å²) in [4.78, 5) is 0.226. The Morgan fingerprint density at radius 3 is 1.55 bits per heavy atom. The molecule has 0 bridgehead atoms. The van der Waals surface area contributed by atoms with Gasteiger partial charge in [0.1, 0.15) is 0 Å². The molecule has 0 saturated heterocycles. The third-order valence-electron chi connectivity index (χ3n) is 7.13. The Labute approximate surface area is 242 Å². The second-order valence-corrected chi connectivity index (χ2v) is 11.1. The fourth-order valence-electron chi connectivity index (χ4n) is 4.24. The molecule has 0 unspecified atom stereocenters. The summed E-state index contributed by atoms with van der Waals surface area (Å²) in [6.07, 6.45) is 0. The van der Waals surface area contributed by atoms with E-state index in [4.69, 9.17) is 5.73 Å². The number of halogens is 1. The molecule has 0 aromatic heterocycles. The molecule has 0 amide bonds. The van der Waals surface area contributed by atoms with Gasteiger partial charge in [0.25, 0.3) is 0 Å². The van der Waals surface area contributed by atoms with Crippen LogP contribution in [0.3, 0.4) is 0 Å². The number of hydrogen-bond donors (Lipinski definition) is 2. The first-order valence-electron chi connectivity index (χ1n) is 12.3. The van der Waals surface area contributed by atoms with Crippen molar-refractivity contribution in [3.63, 3.8) is 0 Å². The normalized spacial score (nSPS) is 12.4. The van der Waals surface area contributed by atoms with Gasteiger partial charge < -0.3 is 5.73 Å². The van der Waals surface area contributed by atoms with Crippen molar-refractivity contribution in [2.24, 2.45) is 5.73 Å². The van der Waals surface area contributed by atoms with E-state index in [1.165, 1.54) is 27.8 Å². The van der Waals surface area contributed by atoms with Crippen LogP contribution in [0.4, 0.5) is 0 Å². The minimum absolute atomic E-state index is 0.226. The summed E-state index contributed by atoms with van der Waals surface area (Å²) in [5.41, 5.74) is 16.5. The second-order valence-electron chi connectivity index (χ2n) is 9.38. The molecule has 0 aliphatic rings. The van der Waals surface area contributed by atoms with Gasteiger partial charge in [0.05, 0.1) is 17.0 Å². The van der Waals surface area contributed by atoms with Crippen LogP contribution in [0.25, 0.3) is 0 Å². The van der Waals surface area contributed by atoms with Crippen molar-refractivity contribution in [1.82, 2.24) is 4.72 Å². The molecular weight excluding hydrogens is 603 g/mol. The van der Waals surface area contributed by atoms with Crippen LogP contribution in [0.15, 0.2) is 89.8 Å². The van der Waals surface area contributed by atoms with Crippen molar-refractivity contribution in [3.8, 4) is 0 Å². The van der Waals surface area contributed by atoms with E-state index in [-0.39, 0.29) is 4.90 Å². The molecule has 0 heterocycles. The topological polar surface area (TPSA) is 72.2 Å². The molecule has 38 heavy (non-hydrogen) atoms. The van der Waals surface area contributed by atoms with Crippen molar-refractivity contribution in [1.29, 1.82) is 0 Å². The molecule has 3 N–H and O–H groups in total. The number of aryl methyl sites for hydroxylation is 1. The quantitative estimate of drug-likeness (QED) is 0.171. The van der Waals surface area contributed by atoms with E-state index in [0.717, 1.165) is 16.7 Å². The third kappa shape index (κ3) is 8.15. The van der Waals surface area contributed by atoms with E-state index in [1.807, 2.05) is 84.9 Å². The Hall–Kier alpha value is -2.21. The van der Waals surface area contributed by atoms with Crippen LogP contribution in [-0.2, 0) is 27.3 Å². The first-order chi connectivity index (χ1) is 18.0. The molecule has 0 aliphatic heterocycles. The van der Waals surface area contributed by atoms with Crippen LogP contribution in [0.1, 0.15) is 56.6 Å². The van der Waals surface area contributed by atoms with E-state index in [9.17, 15) is 8.42 Å². The Kier molecular flexibility index (Phi) is 12.5. The molecule has 4 aromatic carbocycles. The molecule has 204 valence electrons. The second kappa shape index (κ2) is 14.8. The van der Waals surface area contributed by atoms with Crippen molar-refractivity contribution in [3.05, 3.63) is 129 Å². The predicted octanol–water partition coefficient (Wildman–Crippen LogP) is 7.35. The molecule has 2 atom stereocenters. The maximum atomic E-state index is 12.9. The molecule has 4 nitrogen and oxygen atoms in total. The standard InChI is InChI=1S/C21H22N2O2S.C10H15.ClH.Rh/c1-16-12-14-19(15-13-16)26(24,25)23-21(18-10-6-3-7-11-18)20(22)17-8-4-2-5-9-17;1-6-7(2)9(4)10(5)8(6)3;;/h2-15,20-21,23H,22H2,1H3;1-5H3;1H;/q;-1;;+3/p-1/t20-,21-;;;/m0.../s1. The SMILES string of the molecule is Cc1c(C)c(C)[c-](C)c1C.Cc1ccc(S(=O)(=O)N[C@@H](c2ccccc2)[C@@H](N)c2ccccc2)cc1.[Cl][Rh+2]. The number of nitrogens with two attached hydrogens (primary N) is 1. The number of sulfonamides is 1. The Morgan fingerprint density at radius 2 is 1.16 bits per heavy atom. The zero-order valence-corrected chi connectivity index (χ0v) is 26.0. The first-order valence-corrected chi connectivity index (χ1v) is 15.9. The molecule has 4 rings (SSSR count). The molecule has 0 fully saturated rings. The molecule has 4 aromatic rings. The summed E-state index contributed by atoms with van der Waals surface area (Å²) in [5, 5.41) is 0. The van der Waals surface area contributed by atoms with Crippen molar-refractivity contribution < 1.29 is 25.7 Å². The van der Waals surface area contributed by atoms with Crippen LogP contribution in [0.2, 0.25) is 0 Å². The van der Waals surface area contributed by atoms with Crippen LogP contribution in [-0.4, -0.2) is 8.42 Å². The number of benzene rings is 3. The number of rotatable bonds is 6. The molecule has 0 radical (unpaired) electrons. The zero-order valence-electron chi connectivity index (χ0n) is 22.8. The van der Waals surface area contributed by atoms with E-state index in [1.54, 1.807) is 24.3 Å². The van der Waals surface area contributed by atoms with E-state index >= 15 is 0 Å². The molecular formula is C31H37ClN2O2RhS+. The Bertz CT molecular complexity index is 1310. The van der Waals surface area contributed by atoms with Gasteiger partial charge in [-0.15, -0.1) is 0 Å². The van der Waals surface area contributed by atoms with Gasteiger partial charge in [0.2, 0.25) is 10.0 Å². The van der Waals surface area contributed by atoms with E-state index in [0.29, 0.717) is 0 Å². The van der Waals surface area contributed by atoms with Gasteiger partial charge in [-0.25, -0.2) is 13.1 Å². The van der Waals surface area contributed by atoms with Gasteiger partial charge >= 0.3 is 27.0 Å². The monoisotopic (exact) mass is 639 g/mol. The summed E-state index contributed by atoms with van der Waals surface area (Å²) < 4.78 is 28.6. The summed E-state index contributed by atoms with van der Waals surface area (Å²) in [6.45, 7) is 12.9. The molecule has 0 spiro atoms. The van der Waals surface area contributed by atoms with Crippen molar-refractivity contribution >= 4 is 19.7 Å². The van der Waals surface area contributed by atoms with Gasteiger partial charge in [-0.05, 0) is 30.2 Å². The van der Waals surface area contributed by atoms with Crippen LogP contribution < -0.4 is 10.5 Å². The van der Waals surface area contributed by atoms with Gasteiger partial charge in [-0.2, -0.15) is 27.8 Å². The van der Waals surface area contributed by atoms with Crippen molar-refractivity contribution in [2.75, 3.05) is 0 Å². The van der Waals surface area contributed by atoms with Crippen LogP contribution in [0.5, 0.6) is 0 Å². The fourth-order valence-corrected chi connectivity index (χ4v) is 5.48. The average Bonchev–Trinajstić information content (AvgIpc) is 3.11. The number of nitrogens with one attached hydrogen (secondary N) is 1. The summed E-state index contributed by atoms with van der Waals surface area (Å²) >= 11 is 2.02. The third-order valence-corrected chi connectivity index (χ3v) is 8.59. The molecule has 0 aliphatic carbocycles. The van der Waals surface area contributed by atoms with E-state index in [2.05, 4.69) is 49.0 Å². The fraction of sp³-hybridized carbons (Fsp3) is 0.258. The Balaban J connectivity index is 0.000000353. The van der Waals surface area contributed by atoms with Gasteiger partial charge in [-0.3, -0.25) is 0 Å². The Morgan fingerprint density at radius 1 is 0.737 bits per heavy atom. The molecule has 7 heteroatoms. The average molecular weight is 640 g/mol.